The molecule has 1 rings (SSSR count). The fraction of sp³-hybridized carbons (Fsp3) is 0.182. The van der Waals surface area contributed by atoms with Crippen molar-refractivity contribution in [3.8, 4) is 0 Å². The van der Waals surface area contributed by atoms with Gasteiger partial charge >= 0.3 is 0 Å². The molecule has 0 spiro atoms. The first-order valence-electron chi connectivity index (χ1n) is 4.15. The first-order valence-corrected chi connectivity index (χ1v) is 4.62. The second kappa shape index (κ2) is 5.62. The van der Waals surface area contributed by atoms with Gasteiger partial charge in [-0.25, -0.2) is 0 Å². The maximum absolute atomic E-state index is 8.98. The van der Waals surface area contributed by atoms with Crippen LogP contribution in [0.3, 0.4) is 0 Å². The van der Waals surface area contributed by atoms with Gasteiger partial charge in [0.05, 0.1) is 6.61 Å². The molecule has 0 aliphatic rings. The van der Waals surface area contributed by atoms with Crippen molar-refractivity contribution in [2.24, 2.45) is 0 Å². The van der Waals surface area contributed by atoms with Crippen molar-refractivity contribution in [2.45, 2.75) is 6.42 Å². The van der Waals surface area contributed by atoms with Gasteiger partial charge in [0.25, 0.3) is 0 Å². The summed E-state index contributed by atoms with van der Waals surface area (Å²) in [4.78, 5) is 0. The summed E-state index contributed by atoms with van der Waals surface area (Å²) in [6.45, 7) is 0.0715. The lowest BCUT2D eigenvalue weighted by Gasteiger charge is -2.02. The van der Waals surface area contributed by atoms with E-state index < -0.39 is 0 Å². The molecule has 0 aliphatic carbocycles. The van der Waals surface area contributed by atoms with Crippen LogP contribution in [0.5, 0.6) is 0 Å². The van der Waals surface area contributed by atoms with E-state index in [1.165, 1.54) is 10.9 Å². The monoisotopic (exact) mass is 192 g/mol. The van der Waals surface area contributed by atoms with Crippen LogP contribution >= 0.6 is 12.2 Å². The van der Waals surface area contributed by atoms with Gasteiger partial charge in [-0.15, -0.1) is 0 Å². The Morgan fingerprint density at radius 3 is 2.54 bits per heavy atom. The van der Waals surface area contributed by atoms with Crippen LogP contribution in [0.2, 0.25) is 0 Å². The third-order valence-electron chi connectivity index (χ3n) is 1.78. The zero-order valence-electron chi connectivity index (χ0n) is 7.31. The molecule has 2 heteroatoms. The number of aliphatic hydroxyl groups excluding tert-OH is 1. The molecule has 0 radical (unpaired) electrons. The van der Waals surface area contributed by atoms with E-state index in [1.54, 1.807) is 6.08 Å². The Balaban J connectivity index is 2.67. The fourth-order valence-corrected chi connectivity index (χ4v) is 1.31. The summed E-state index contributed by atoms with van der Waals surface area (Å²) in [6.07, 6.45) is 2.55. The molecule has 68 valence electrons. The van der Waals surface area contributed by atoms with Crippen molar-refractivity contribution in [1.82, 2.24) is 0 Å². The highest BCUT2D eigenvalue weighted by molar-refractivity contribution is 7.79. The van der Waals surface area contributed by atoms with Crippen LogP contribution in [-0.4, -0.2) is 17.1 Å². The molecule has 0 saturated heterocycles. The third kappa shape index (κ3) is 3.49. The zero-order valence-corrected chi connectivity index (χ0v) is 8.13. The Morgan fingerprint density at radius 2 is 2.00 bits per heavy atom. The van der Waals surface area contributed by atoms with E-state index in [2.05, 4.69) is 0 Å². The average Bonchev–Trinajstić information content (AvgIpc) is 2.19. The summed E-state index contributed by atoms with van der Waals surface area (Å²) >= 11 is 4.70. The van der Waals surface area contributed by atoms with Crippen LogP contribution in [0.25, 0.3) is 0 Å². The summed E-state index contributed by atoms with van der Waals surface area (Å²) in [7, 11) is 0. The zero-order chi connectivity index (χ0) is 9.52. The molecule has 1 nitrogen and oxygen atoms in total. The Bertz CT molecular complexity index is 290. The van der Waals surface area contributed by atoms with Crippen molar-refractivity contribution < 1.29 is 5.11 Å². The van der Waals surface area contributed by atoms with Gasteiger partial charge in [-0.2, -0.15) is 0 Å². The molecule has 0 heterocycles. The number of allylic oxidation sites excluding steroid dienone is 1. The Kier molecular flexibility index (Phi) is 4.36. The van der Waals surface area contributed by atoms with Gasteiger partial charge < -0.3 is 5.11 Å². The Labute approximate surface area is 83.7 Å². The van der Waals surface area contributed by atoms with Crippen LogP contribution in [-0.2, 0) is 6.42 Å². The van der Waals surface area contributed by atoms with Crippen molar-refractivity contribution in [3.05, 3.63) is 47.5 Å². The van der Waals surface area contributed by atoms with Crippen LogP contribution in [0, 0.1) is 0 Å². The van der Waals surface area contributed by atoms with Gasteiger partial charge in [-0.05, 0) is 23.6 Å². The average molecular weight is 192 g/mol. The second-order valence-corrected chi connectivity index (χ2v) is 3.05. The molecule has 0 unspecified atom stereocenters. The van der Waals surface area contributed by atoms with Gasteiger partial charge in [-0.1, -0.05) is 42.5 Å². The lowest BCUT2D eigenvalue weighted by atomic mass is 10.1. The molecule has 0 atom stereocenters. The highest BCUT2D eigenvalue weighted by Crippen LogP contribution is 2.06. The first-order chi connectivity index (χ1) is 6.36. The predicted octanol–water partition coefficient (Wildman–Crippen LogP) is 2.15. The van der Waals surface area contributed by atoms with Crippen molar-refractivity contribution >= 4 is 17.6 Å². The first kappa shape index (κ1) is 10.1. The van der Waals surface area contributed by atoms with E-state index in [1.807, 2.05) is 30.3 Å². The van der Waals surface area contributed by atoms with Gasteiger partial charge in [0.2, 0.25) is 0 Å². The molecule has 0 fully saturated rings. The molecular weight excluding hydrogens is 180 g/mol. The molecule has 0 aromatic heterocycles. The molecule has 1 aromatic rings. The SMILES string of the molecule is OCC(=CC=S)Cc1ccccc1. The lowest BCUT2D eigenvalue weighted by molar-refractivity contribution is 0.328. The molecular formula is C11H12OS. The van der Waals surface area contributed by atoms with Crippen LogP contribution < -0.4 is 0 Å². The number of hydrogen-bond donors (Lipinski definition) is 1. The summed E-state index contributed by atoms with van der Waals surface area (Å²) in [6, 6.07) is 10.0. The fourth-order valence-electron chi connectivity index (χ4n) is 1.12. The molecule has 0 aliphatic heterocycles. The molecule has 0 amide bonds. The summed E-state index contributed by atoms with van der Waals surface area (Å²) in [5.74, 6) is 0. The standard InChI is InChI=1S/C11H12OS/c12-9-11(6-7-13)8-10-4-2-1-3-5-10/h1-7,12H,8-9H2. The van der Waals surface area contributed by atoms with E-state index in [0.29, 0.717) is 0 Å². The maximum atomic E-state index is 8.98. The van der Waals surface area contributed by atoms with Gasteiger partial charge in [0.15, 0.2) is 0 Å². The van der Waals surface area contributed by atoms with Gasteiger partial charge in [0.1, 0.15) is 0 Å². The van der Waals surface area contributed by atoms with Crippen molar-refractivity contribution in [2.75, 3.05) is 6.61 Å². The van der Waals surface area contributed by atoms with Crippen molar-refractivity contribution in [3.63, 3.8) is 0 Å². The van der Waals surface area contributed by atoms with Crippen LogP contribution in [0.4, 0.5) is 0 Å². The van der Waals surface area contributed by atoms with Gasteiger partial charge in [-0.3, -0.25) is 0 Å². The second-order valence-electron chi connectivity index (χ2n) is 2.78. The summed E-state index contributed by atoms with van der Waals surface area (Å²) in [5.41, 5.74) is 2.14. The lowest BCUT2D eigenvalue weighted by Crippen LogP contribution is -1.95. The smallest absolute Gasteiger partial charge is 0.0648 e. The highest BCUT2D eigenvalue weighted by Gasteiger charge is 1.96. The Morgan fingerprint density at radius 1 is 1.31 bits per heavy atom. The molecule has 1 N–H and O–H groups in total. The van der Waals surface area contributed by atoms with Gasteiger partial charge in [0, 0.05) is 5.37 Å². The number of thiocarbonyl (C=S) groups is 1. The predicted molar refractivity (Wildman–Crippen MR) is 59.0 cm³/mol. The normalized spacial score (nSPS) is 11.3. The number of benzene rings is 1. The number of rotatable bonds is 4. The minimum absolute atomic E-state index is 0.0715. The van der Waals surface area contributed by atoms with Crippen LogP contribution in [0.15, 0.2) is 42.0 Å². The quantitative estimate of drug-likeness (QED) is 0.582. The third-order valence-corrected chi connectivity index (χ3v) is 1.92. The van der Waals surface area contributed by atoms with E-state index >= 15 is 0 Å². The number of hydrogen-bond acceptors (Lipinski definition) is 2. The molecule has 1 aromatic carbocycles. The topological polar surface area (TPSA) is 20.2 Å². The minimum atomic E-state index is 0.0715. The molecule has 13 heavy (non-hydrogen) atoms. The molecule has 0 bridgehead atoms. The largest absolute Gasteiger partial charge is 0.392 e. The minimum Gasteiger partial charge on any atom is -0.392 e. The van der Waals surface area contributed by atoms with E-state index in [4.69, 9.17) is 17.3 Å². The van der Waals surface area contributed by atoms with E-state index in [9.17, 15) is 0 Å². The van der Waals surface area contributed by atoms with E-state index in [0.717, 1.165) is 12.0 Å². The van der Waals surface area contributed by atoms with E-state index in [-0.39, 0.29) is 6.61 Å². The highest BCUT2D eigenvalue weighted by atomic mass is 32.1. The molecule has 0 saturated carbocycles. The summed E-state index contributed by atoms with van der Waals surface area (Å²) < 4.78 is 0. The van der Waals surface area contributed by atoms with Crippen LogP contribution in [0.1, 0.15) is 5.56 Å². The number of aliphatic hydroxyl groups is 1. The maximum Gasteiger partial charge on any atom is 0.0648 e. The summed E-state index contributed by atoms with van der Waals surface area (Å²) in [5, 5.41) is 10.5. The van der Waals surface area contributed by atoms with Crippen molar-refractivity contribution in [1.29, 1.82) is 0 Å². The Hall–Kier alpha value is -0.990.